The fourth-order valence-electron chi connectivity index (χ4n) is 1.43. The summed E-state index contributed by atoms with van der Waals surface area (Å²) < 4.78 is 0. The van der Waals surface area contributed by atoms with Crippen molar-refractivity contribution < 1.29 is 4.79 Å². The van der Waals surface area contributed by atoms with Crippen LogP contribution in [0.4, 0.5) is 10.5 Å². The van der Waals surface area contributed by atoms with Gasteiger partial charge in [-0.05, 0) is 44.9 Å². The van der Waals surface area contributed by atoms with Crippen molar-refractivity contribution in [1.29, 1.82) is 0 Å². The quantitative estimate of drug-likeness (QED) is 0.768. The van der Waals surface area contributed by atoms with Gasteiger partial charge in [0.1, 0.15) is 0 Å². The standard InChI is InChI=1S/C14H23N3O/c1-5-14(3,4)17-13(18)16-12-8-6-11(7-9-12)10(2)15/h6-10H,5,15H2,1-4H3,(H2,16,17,18). The Balaban J connectivity index is 2.60. The van der Waals surface area contributed by atoms with Gasteiger partial charge in [0.05, 0.1) is 0 Å². The van der Waals surface area contributed by atoms with Gasteiger partial charge in [0.25, 0.3) is 0 Å². The number of anilines is 1. The van der Waals surface area contributed by atoms with Crippen LogP contribution in [0.15, 0.2) is 24.3 Å². The van der Waals surface area contributed by atoms with Gasteiger partial charge < -0.3 is 16.4 Å². The van der Waals surface area contributed by atoms with Crippen LogP contribution in [0.1, 0.15) is 45.7 Å². The third kappa shape index (κ3) is 4.37. The number of rotatable bonds is 4. The highest BCUT2D eigenvalue weighted by Gasteiger charge is 2.17. The molecule has 2 amide bonds. The number of amides is 2. The van der Waals surface area contributed by atoms with Crippen molar-refractivity contribution in [2.45, 2.75) is 45.7 Å². The summed E-state index contributed by atoms with van der Waals surface area (Å²) in [4.78, 5) is 11.8. The molecule has 1 atom stereocenters. The van der Waals surface area contributed by atoms with Gasteiger partial charge in [0, 0.05) is 17.3 Å². The fourth-order valence-corrected chi connectivity index (χ4v) is 1.43. The molecule has 4 heteroatoms. The number of carbonyl (C=O) groups is 1. The molecule has 0 heterocycles. The van der Waals surface area contributed by atoms with Crippen LogP contribution in [0.25, 0.3) is 0 Å². The summed E-state index contributed by atoms with van der Waals surface area (Å²) in [6.45, 7) is 7.95. The average Bonchev–Trinajstić information content (AvgIpc) is 2.29. The fraction of sp³-hybridized carbons (Fsp3) is 0.500. The van der Waals surface area contributed by atoms with E-state index < -0.39 is 0 Å². The highest BCUT2D eigenvalue weighted by molar-refractivity contribution is 5.89. The third-order valence-corrected chi connectivity index (χ3v) is 3.03. The van der Waals surface area contributed by atoms with Crippen molar-refractivity contribution in [2.75, 3.05) is 5.32 Å². The second-order valence-corrected chi connectivity index (χ2v) is 5.23. The molecule has 1 aromatic rings. The van der Waals surface area contributed by atoms with Gasteiger partial charge in [-0.25, -0.2) is 4.79 Å². The van der Waals surface area contributed by atoms with Gasteiger partial charge in [-0.3, -0.25) is 0 Å². The molecule has 18 heavy (non-hydrogen) atoms. The monoisotopic (exact) mass is 249 g/mol. The first-order valence-corrected chi connectivity index (χ1v) is 6.29. The van der Waals surface area contributed by atoms with Gasteiger partial charge in [0.2, 0.25) is 0 Å². The first-order chi connectivity index (χ1) is 8.34. The molecule has 0 saturated heterocycles. The number of carbonyl (C=O) groups excluding carboxylic acids is 1. The summed E-state index contributed by atoms with van der Waals surface area (Å²) in [7, 11) is 0. The molecule has 100 valence electrons. The van der Waals surface area contributed by atoms with Gasteiger partial charge in [-0.1, -0.05) is 19.1 Å². The lowest BCUT2D eigenvalue weighted by Crippen LogP contribution is -2.45. The van der Waals surface area contributed by atoms with Crippen LogP contribution in [0.5, 0.6) is 0 Å². The van der Waals surface area contributed by atoms with Crippen LogP contribution in [0, 0.1) is 0 Å². The predicted molar refractivity (Wildman–Crippen MR) is 75.6 cm³/mol. The number of urea groups is 1. The van der Waals surface area contributed by atoms with Crippen LogP contribution < -0.4 is 16.4 Å². The summed E-state index contributed by atoms with van der Waals surface area (Å²) in [5.74, 6) is 0. The summed E-state index contributed by atoms with van der Waals surface area (Å²) in [5, 5.41) is 5.72. The molecule has 0 aliphatic rings. The Hall–Kier alpha value is -1.55. The van der Waals surface area contributed by atoms with E-state index in [1.54, 1.807) is 0 Å². The van der Waals surface area contributed by atoms with E-state index in [1.807, 2.05) is 52.0 Å². The summed E-state index contributed by atoms with van der Waals surface area (Å²) in [6, 6.07) is 7.38. The SMILES string of the molecule is CCC(C)(C)NC(=O)Nc1ccc(C(C)N)cc1. The summed E-state index contributed by atoms with van der Waals surface area (Å²) >= 11 is 0. The van der Waals surface area contributed by atoms with Crippen LogP contribution in [0.3, 0.4) is 0 Å². The van der Waals surface area contributed by atoms with Gasteiger partial charge in [0.15, 0.2) is 0 Å². The van der Waals surface area contributed by atoms with E-state index in [1.165, 1.54) is 0 Å². The van der Waals surface area contributed by atoms with Gasteiger partial charge in [-0.15, -0.1) is 0 Å². The van der Waals surface area contributed by atoms with E-state index in [0.717, 1.165) is 17.7 Å². The first-order valence-electron chi connectivity index (χ1n) is 6.29. The second-order valence-electron chi connectivity index (χ2n) is 5.23. The first kappa shape index (κ1) is 14.5. The highest BCUT2D eigenvalue weighted by Crippen LogP contribution is 2.14. The molecule has 0 fully saturated rings. The van der Waals surface area contributed by atoms with Crippen LogP contribution in [-0.2, 0) is 0 Å². The van der Waals surface area contributed by atoms with E-state index in [-0.39, 0.29) is 17.6 Å². The van der Waals surface area contributed by atoms with E-state index in [4.69, 9.17) is 5.73 Å². The molecule has 0 bridgehead atoms. The minimum absolute atomic E-state index is 0.00639. The maximum absolute atomic E-state index is 11.8. The van der Waals surface area contributed by atoms with E-state index in [2.05, 4.69) is 10.6 Å². The van der Waals surface area contributed by atoms with Gasteiger partial charge >= 0.3 is 6.03 Å². The van der Waals surface area contributed by atoms with Crippen LogP contribution >= 0.6 is 0 Å². The number of hydrogen-bond acceptors (Lipinski definition) is 2. The van der Waals surface area contributed by atoms with Crippen molar-refractivity contribution >= 4 is 11.7 Å². The Kier molecular flexibility index (Phi) is 4.73. The third-order valence-electron chi connectivity index (χ3n) is 3.03. The lowest BCUT2D eigenvalue weighted by molar-refractivity contribution is 0.240. The molecule has 1 aromatic carbocycles. The zero-order chi connectivity index (χ0) is 13.8. The number of nitrogens with one attached hydrogen (secondary N) is 2. The number of hydrogen-bond donors (Lipinski definition) is 3. The van der Waals surface area contributed by atoms with Crippen molar-refractivity contribution in [1.82, 2.24) is 5.32 Å². The van der Waals surface area contributed by atoms with E-state index >= 15 is 0 Å². The van der Waals surface area contributed by atoms with Crippen LogP contribution in [0.2, 0.25) is 0 Å². The summed E-state index contributed by atoms with van der Waals surface area (Å²) in [5.41, 5.74) is 7.39. The molecule has 0 radical (unpaired) electrons. The van der Waals surface area contributed by atoms with Crippen molar-refractivity contribution in [3.63, 3.8) is 0 Å². The predicted octanol–water partition coefficient (Wildman–Crippen LogP) is 3.02. The Morgan fingerprint density at radius 1 is 1.33 bits per heavy atom. The minimum Gasteiger partial charge on any atom is -0.333 e. The average molecular weight is 249 g/mol. The minimum atomic E-state index is -0.199. The van der Waals surface area contributed by atoms with Crippen molar-refractivity contribution in [2.24, 2.45) is 5.73 Å². The molecule has 0 aromatic heterocycles. The normalized spacial score (nSPS) is 12.9. The molecular formula is C14H23N3O. The molecule has 0 spiro atoms. The Labute approximate surface area is 109 Å². The van der Waals surface area contributed by atoms with E-state index in [9.17, 15) is 4.79 Å². The number of benzene rings is 1. The lowest BCUT2D eigenvalue weighted by atomic mass is 10.0. The summed E-state index contributed by atoms with van der Waals surface area (Å²) in [6.07, 6.45) is 0.879. The zero-order valence-electron chi connectivity index (χ0n) is 11.6. The lowest BCUT2D eigenvalue weighted by Gasteiger charge is -2.24. The van der Waals surface area contributed by atoms with Crippen LogP contribution in [-0.4, -0.2) is 11.6 Å². The zero-order valence-corrected chi connectivity index (χ0v) is 11.6. The molecule has 0 saturated carbocycles. The van der Waals surface area contributed by atoms with Gasteiger partial charge in [-0.2, -0.15) is 0 Å². The largest absolute Gasteiger partial charge is 0.333 e. The highest BCUT2D eigenvalue weighted by atomic mass is 16.2. The molecule has 4 N–H and O–H groups in total. The molecule has 1 unspecified atom stereocenters. The Morgan fingerprint density at radius 3 is 2.33 bits per heavy atom. The maximum Gasteiger partial charge on any atom is 0.319 e. The topological polar surface area (TPSA) is 67.2 Å². The van der Waals surface area contributed by atoms with Crippen molar-refractivity contribution in [3.05, 3.63) is 29.8 Å². The maximum atomic E-state index is 11.8. The molecular weight excluding hydrogens is 226 g/mol. The molecule has 4 nitrogen and oxygen atoms in total. The molecule has 0 aliphatic heterocycles. The Bertz CT molecular complexity index is 396. The molecule has 1 rings (SSSR count). The second kappa shape index (κ2) is 5.87. The van der Waals surface area contributed by atoms with E-state index in [0.29, 0.717) is 0 Å². The smallest absolute Gasteiger partial charge is 0.319 e. The van der Waals surface area contributed by atoms with Crippen molar-refractivity contribution in [3.8, 4) is 0 Å². The molecule has 0 aliphatic carbocycles. The number of nitrogens with two attached hydrogens (primary N) is 1. The Morgan fingerprint density at radius 2 is 1.89 bits per heavy atom.